The van der Waals surface area contributed by atoms with E-state index in [4.69, 9.17) is 0 Å². The van der Waals surface area contributed by atoms with Gasteiger partial charge in [-0.25, -0.2) is 0 Å². The second-order valence-corrected chi connectivity index (χ2v) is 11.3. The summed E-state index contributed by atoms with van der Waals surface area (Å²) in [6.07, 6.45) is 10.6. The highest BCUT2D eigenvalue weighted by Gasteiger charge is 2.58. The van der Waals surface area contributed by atoms with Crippen LogP contribution < -0.4 is 0 Å². The Morgan fingerprint density at radius 3 is 2.59 bits per heavy atom. The summed E-state index contributed by atoms with van der Waals surface area (Å²) in [6, 6.07) is 0. The van der Waals surface area contributed by atoms with Crippen LogP contribution in [0.15, 0.2) is 23.8 Å². The molecule has 0 aliphatic heterocycles. The zero-order chi connectivity index (χ0) is 19.6. The van der Waals surface area contributed by atoms with Gasteiger partial charge in [0, 0.05) is 5.92 Å². The van der Waals surface area contributed by atoms with Crippen LogP contribution in [0.1, 0.15) is 72.6 Å². The van der Waals surface area contributed by atoms with E-state index < -0.39 is 0 Å². The Morgan fingerprint density at radius 2 is 1.93 bits per heavy atom. The van der Waals surface area contributed by atoms with Crippen molar-refractivity contribution in [1.82, 2.24) is 0 Å². The van der Waals surface area contributed by atoms with Crippen molar-refractivity contribution in [2.24, 2.45) is 46.3 Å². The predicted molar refractivity (Wildman–Crippen MR) is 111 cm³/mol. The largest absolute Gasteiger partial charge is 0.392 e. The van der Waals surface area contributed by atoms with Crippen LogP contribution in [0.2, 0.25) is 0 Å². The van der Waals surface area contributed by atoms with Crippen LogP contribution in [-0.2, 0) is 0 Å². The Hall–Kier alpha value is -0.600. The summed E-state index contributed by atoms with van der Waals surface area (Å²) >= 11 is 0. The third-order valence-electron chi connectivity index (χ3n) is 9.66. The lowest BCUT2D eigenvalue weighted by molar-refractivity contribution is -0.0528. The zero-order valence-electron chi connectivity index (χ0n) is 17.9. The lowest BCUT2D eigenvalue weighted by Gasteiger charge is -2.56. The van der Waals surface area contributed by atoms with Crippen molar-refractivity contribution in [3.63, 3.8) is 0 Å². The molecule has 0 bridgehead atoms. The average Bonchev–Trinajstić information content (AvgIpc) is 3.07. The fourth-order valence-electron chi connectivity index (χ4n) is 8.12. The molecule has 3 fully saturated rings. The molecule has 4 rings (SSSR count). The van der Waals surface area contributed by atoms with Gasteiger partial charge in [-0.15, -0.1) is 0 Å². The first-order chi connectivity index (χ1) is 12.7. The molecule has 0 spiro atoms. The molecule has 0 heterocycles. The van der Waals surface area contributed by atoms with Crippen LogP contribution in [0.5, 0.6) is 0 Å². The summed E-state index contributed by atoms with van der Waals surface area (Å²) in [5.41, 5.74) is 3.31. The standard InChI is InChI=1S/C25H40O2/c1-15(2)18-8-9-24(4)10-11-25(5)13-19-16(3)12-21(27)22(19)17(14-26)6-7-20(25)23(18)24/h6,16,18-23,26-27H,1,7-14H2,2-5H3. The maximum absolute atomic E-state index is 10.7. The predicted octanol–water partition coefficient (Wildman–Crippen LogP) is 5.36. The summed E-state index contributed by atoms with van der Waals surface area (Å²) in [7, 11) is 0. The van der Waals surface area contributed by atoms with Gasteiger partial charge in [0.05, 0.1) is 12.7 Å². The fraction of sp³-hybridized carbons (Fsp3) is 0.840. The SMILES string of the molecule is C=C(C)C1CCC2(C)CCC3(C)CC4C(C)CC(O)C4C(CO)=CCC3C12. The van der Waals surface area contributed by atoms with Gasteiger partial charge >= 0.3 is 0 Å². The van der Waals surface area contributed by atoms with Gasteiger partial charge in [-0.2, -0.15) is 0 Å². The normalized spacial score (nSPS) is 52.2. The Balaban J connectivity index is 1.76. The molecular weight excluding hydrogens is 332 g/mol. The van der Waals surface area contributed by atoms with Crippen LogP contribution in [0.25, 0.3) is 0 Å². The molecular formula is C25H40O2. The molecule has 4 aliphatic rings. The molecule has 2 N–H and O–H groups in total. The average molecular weight is 373 g/mol. The molecule has 0 aromatic carbocycles. The second kappa shape index (κ2) is 6.73. The molecule has 2 heteroatoms. The maximum atomic E-state index is 10.7. The molecule has 0 amide bonds. The molecule has 0 aromatic rings. The van der Waals surface area contributed by atoms with Crippen LogP contribution in [0.4, 0.5) is 0 Å². The number of hydrogen-bond acceptors (Lipinski definition) is 2. The van der Waals surface area contributed by atoms with Gasteiger partial charge in [0.1, 0.15) is 0 Å². The monoisotopic (exact) mass is 372 g/mol. The quantitative estimate of drug-likeness (QED) is 0.641. The number of aliphatic hydroxyl groups excluding tert-OH is 2. The highest BCUT2D eigenvalue weighted by molar-refractivity contribution is 5.20. The summed E-state index contributed by atoms with van der Waals surface area (Å²) in [6.45, 7) is 14.1. The molecule has 9 atom stereocenters. The van der Waals surface area contributed by atoms with E-state index in [1.165, 1.54) is 37.7 Å². The summed E-state index contributed by atoms with van der Waals surface area (Å²) in [4.78, 5) is 0. The second-order valence-electron chi connectivity index (χ2n) is 11.3. The lowest BCUT2D eigenvalue weighted by atomic mass is 9.49. The van der Waals surface area contributed by atoms with Gasteiger partial charge in [0.2, 0.25) is 0 Å². The molecule has 0 aromatic heterocycles. The molecule has 3 saturated carbocycles. The molecule has 152 valence electrons. The van der Waals surface area contributed by atoms with E-state index >= 15 is 0 Å². The number of allylic oxidation sites excluding steroid dienone is 2. The van der Waals surface area contributed by atoms with Crippen molar-refractivity contribution in [3.05, 3.63) is 23.8 Å². The van der Waals surface area contributed by atoms with Gasteiger partial charge in [0.25, 0.3) is 0 Å². The van der Waals surface area contributed by atoms with Crippen molar-refractivity contribution >= 4 is 0 Å². The highest BCUT2D eigenvalue weighted by Crippen LogP contribution is 2.66. The van der Waals surface area contributed by atoms with Crippen molar-refractivity contribution in [1.29, 1.82) is 0 Å². The first-order valence-corrected chi connectivity index (χ1v) is 11.3. The Labute approximate surface area is 166 Å². The van der Waals surface area contributed by atoms with Crippen molar-refractivity contribution in [2.75, 3.05) is 6.61 Å². The van der Waals surface area contributed by atoms with Gasteiger partial charge in [0.15, 0.2) is 0 Å². The molecule has 0 radical (unpaired) electrons. The van der Waals surface area contributed by atoms with E-state index in [1.807, 2.05) is 0 Å². The molecule has 0 saturated heterocycles. The lowest BCUT2D eigenvalue weighted by Crippen LogP contribution is -2.48. The number of rotatable bonds is 2. The summed E-state index contributed by atoms with van der Waals surface area (Å²) in [5, 5.41) is 20.8. The first kappa shape index (κ1) is 19.7. The van der Waals surface area contributed by atoms with Crippen LogP contribution in [-0.4, -0.2) is 22.9 Å². The van der Waals surface area contributed by atoms with E-state index in [0.717, 1.165) is 24.3 Å². The molecule has 2 nitrogen and oxygen atoms in total. The molecule has 27 heavy (non-hydrogen) atoms. The number of aliphatic hydroxyl groups is 2. The maximum Gasteiger partial charge on any atom is 0.0645 e. The van der Waals surface area contributed by atoms with Crippen LogP contribution in [0.3, 0.4) is 0 Å². The van der Waals surface area contributed by atoms with E-state index in [2.05, 4.69) is 40.3 Å². The minimum Gasteiger partial charge on any atom is -0.392 e. The van der Waals surface area contributed by atoms with E-state index in [1.54, 1.807) is 0 Å². The van der Waals surface area contributed by atoms with Gasteiger partial charge in [-0.1, -0.05) is 39.0 Å². The summed E-state index contributed by atoms with van der Waals surface area (Å²) in [5.74, 6) is 3.30. The minimum absolute atomic E-state index is 0.111. The fourth-order valence-corrected chi connectivity index (χ4v) is 8.12. The van der Waals surface area contributed by atoms with E-state index in [-0.39, 0.29) is 18.6 Å². The number of fused-ring (bicyclic) bond motifs is 4. The van der Waals surface area contributed by atoms with Crippen LogP contribution in [0, 0.1) is 46.3 Å². The topological polar surface area (TPSA) is 40.5 Å². The van der Waals surface area contributed by atoms with Crippen molar-refractivity contribution < 1.29 is 10.2 Å². The van der Waals surface area contributed by atoms with E-state index in [0.29, 0.717) is 34.5 Å². The highest BCUT2D eigenvalue weighted by atomic mass is 16.3. The van der Waals surface area contributed by atoms with Gasteiger partial charge in [-0.3, -0.25) is 0 Å². The van der Waals surface area contributed by atoms with E-state index in [9.17, 15) is 10.2 Å². The zero-order valence-corrected chi connectivity index (χ0v) is 17.9. The Morgan fingerprint density at radius 1 is 1.22 bits per heavy atom. The number of hydrogen-bond donors (Lipinski definition) is 2. The third-order valence-corrected chi connectivity index (χ3v) is 9.66. The molecule has 4 aliphatic carbocycles. The van der Waals surface area contributed by atoms with Crippen molar-refractivity contribution in [3.8, 4) is 0 Å². The first-order valence-electron chi connectivity index (χ1n) is 11.3. The van der Waals surface area contributed by atoms with Gasteiger partial charge in [-0.05, 0) is 97.9 Å². The smallest absolute Gasteiger partial charge is 0.0645 e. The van der Waals surface area contributed by atoms with Crippen molar-refractivity contribution in [2.45, 2.75) is 78.7 Å². The summed E-state index contributed by atoms with van der Waals surface area (Å²) < 4.78 is 0. The Bertz CT molecular complexity index is 636. The van der Waals surface area contributed by atoms with Crippen LogP contribution >= 0.6 is 0 Å². The molecule has 9 unspecified atom stereocenters. The van der Waals surface area contributed by atoms with Gasteiger partial charge < -0.3 is 10.2 Å². The third kappa shape index (κ3) is 2.97. The minimum atomic E-state index is -0.271. The Kier molecular flexibility index (Phi) is 4.91.